The molecule has 2 saturated heterocycles. The van der Waals surface area contributed by atoms with Gasteiger partial charge in [0, 0.05) is 51.5 Å². The van der Waals surface area contributed by atoms with Crippen LogP contribution in [0.25, 0.3) is 0 Å². The van der Waals surface area contributed by atoms with Gasteiger partial charge in [-0.3, -0.25) is 4.79 Å². The molecule has 0 spiro atoms. The van der Waals surface area contributed by atoms with Crippen LogP contribution in [0.1, 0.15) is 24.3 Å². The molecule has 2 aliphatic heterocycles. The van der Waals surface area contributed by atoms with Crippen LogP contribution in [-0.2, 0) is 22.6 Å². The molecule has 0 bridgehead atoms. The molecule has 0 saturated carbocycles. The lowest BCUT2D eigenvalue weighted by molar-refractivity contribution is -0.133. The van der Waals surface area contributed by atoms with Crippen LogP contribution in [0, 0.1) is 17.7 Å². The summed E-state index contributed by atoms with van der Waals surface area (Å²) in [4.78, 5) is 17.2. The zero-order valence-corrected chi connectivity index (χ0v) is 18.1. The van der Waals surface area contributed by atoms with Gasteiger partial charge in [0.15, 0.2) is 5.76 Å². The number of amides is 1. The fourth-order valence-corrected chi connectivity index (χ4v) is 4.64. The minimum absolute atomic E-state index is 0.227. The molecule has 1 N–H and O–H groups in total. The van der Waals surface area contributed by atoms with Gasteiger partial charge >= 0.3 is 0 Å². The largest absolute Gasteiger partial charge is 0.377 e. The van der Waals surface area contributed by atoms with Gasteiger partial charge in [-0.2, -0.15) is 0 Å². The number of hydrogen-bond acceptors (Lipinski definition) is 6. The summed E-state index contributed by atoms with van der Waals surface area (Å²) in [5.74, 6) is 1.43. The molecule has 2 atom stereocenters. The second kappa shape index (κ2) is 10.2. The van der Waals surface area contributed by atoms with E-state index < -0.39 is 0 Å². The van der Waals surface area contributed by atoms with Crippen molar-refractivity contribution in [3.05, 3.63) is 47.6 Å². The molecule has 2 aliphatic rings. The number of aromatic nitrogens is 1. The summed E-state index contributed by atoms with van der Waals surface area (Å²) in [7, 11) is 1.63. The van der Waals surface area contributed by atoms with Gasteiger partial charge in [0.2, 0.25) is 5.91 Å². The number of piperidine rings is 1. The fraction of sp³-hybridized carbons (Fsp3) is 0.565. The number of anilines is 1. The van der Waals surface area contributed by atoms with E-state index in [0.717, 1.165) is 56.2 Å². The van der Waals surface area contributed by atoms with Gasteiger partial charge in [-0.1, -0.05) is 5.16 Å². The molecule has 1 amide bonds. The average molecular weight is 431 g/mol. The Bertz CT molecular complexity index is 849. The summed E-state index contributed by atoms with van der Waals surface area (Å²) in [6.07, 6.45) is 2.37. The monoisotopic (exact) mass is 430 g/mol. The lowest BCUT2D eigenvalue weighted by Gasteiger charge is -2.38. The van der Waals surface area contributed by atoms with Crippen molar-refractivity contribution in [3.63, 3.8) is 0 Å². The maximum absolute atomic E-state index is 13.2. The zero-order chi connectivity index (χ0) is 21.6. The molecule has 3 heterocycles. The van der Waals surface area contributed by atoms with Gasteiger partial charge in [-0.15, -0.1) is 0 Å². The molecular formula is C23H31FN4O3. The summed E-state index contributed by atoms with van der Waals surface area (Å²) in [6.45, 7) is 5.21. The topological polar surface area (TPSA) is 70.8 Å². The maximum atomic E-state index is 13.2. The number of methoxy groups -OCH3 is 1. The fourth-order valence-electron chi connectivity index (χ4n) is 4.64. The van der Waals surface area contributed by atoms with Gasteiger partial charge in [-0.05, 0) is 62.0 Å². The molecule has 7 nitrogen and oxygen atoms in total. The molecule has 8 heteroatoms. The van der Waals surface area contributed by atoms with Gasteiger partial charge in [-0.25, -0.2) is 4.39 Å². The highest BCUT2D eigenvalue weighted by Crippen LogP contribution is 2.27. The summed E-state index contributed by atoms with van der Waals surface area (Å²) in [5, 5.41) is 7.62. The van der Waals surface area contributed by atoms with E-state index in [9.17, 15) is 9.18 Å². The van der Waals surface area contributed by atoms with Crippen molar-refractivity contribution in [3.8, 4) is 0 Å². The number of ether oxygens (including phenoxy) is 1. The van der Waals surface area contributed by atoms with Crippen LogP contribution < -0.4 is 10.2 Å². The molecule has 1 aromatic carbocycles. The van der Waals surface area contributed by atoms with E-state index in [1.165, 1.54) is 12.1 Å². The highest BCUT2D eigenvalue weighted by atomic mass is 19.1. The van der Waals surface area contributed by atoms with Crippen LogP contribution in [-0.4, -0.2) is 62.3 Å². The first kappa shape index (κ1) is 21.8. The van der Waals surface area contributed by atoms with Crippen molar-refractivity contribution in [1.29, 1.82) is 0 Å². The molecule has 2 aromatic rings. The van der Waals surface area contributed by atoms with Crippen LogP contribution in [0.2, 0.25) is 0 Å². The molecule has 0 aliphatic carbocycles. The number of rotatable bonds is 7. The van der Waals surface area contributed by atoms with Gasteiger partial charge in [0.25, 0.3) is 0 Å². The quantitative estimate of drug-likeness (QED) is 0.728. The molecule has 31 heavy (non-hydrogen) atoms. The third-order valence-electron chi connectivity index (χ3n) is 6.39. The van der Waals surface area contributed by atoms with Crippen molar-refractivity contribution in [2.45, 2.75) is 25.9 Å². The normalized spacial score (nSPS) is 22.0. The Morgan fingerprint density at radius 3 is 2.74 bits per heavy atom. The lowest BCUT2D eigenvalue weighted by atomic mass is 9.81. The molecule has 4 rings (SSSR count). The first-order valence-electron chi connectivity index (χ1n) is 11.0. The maximum Gasteiger partial charge on any atom is 0.222 e. The predicted octanol–water partition coefficient (Wildman–Crippen LogP) is 2.47. The van der Waals surface area contributed by atoms with E-state index in [0.29, 0.717) is 38.0 Å². The van der Waals surface area contributed by atoms with E-state index in [4.69, 9.17) is 9.26 Å². The predicted molar refractivity (Wildman–Crippen MR) is 115 cm³/mol. The van der Waals surface area contributed by atoms with Crippen LogP contribution in [0.5, 0.6) is 0 Å². The number of nitrogens with zero attached hydrogens (tertiary/aromatic N) is 3. The van der Waals surface area contributed by atoms with Crippen LogP contribution in [0.3, 0.4) is 0 Å². The third kappa shape index (κ3) is 5.62. The van der Waals surface area contributed by atoms with Crippen molar-refractivity contribution in [2.24, 2.45) is 11.8 Å². The van der Waals surface area contributed by atoms with Crippen LogP contribution in [0.4, 0.5) is 10.1 Å². The summed E-state index contributed by atoms with van der Waals surface area (Å²) >= 11 is 0. The van der Waals surface area contributed by atoms with Gasteiger partial charge in [0.05, 0.1) is 5.69 Å². The zero-order valence-electron chi connectivity index (χ0n) is 18.1. The number of carbonyl (C=O) groups is 1. The average Bonchev–Trinajstić information content (AvgIpc) is 3.23. The molecule has 168 valence electrons. The smallest absolute Gasteiger partial charge is 0.222 e. The number of halogens is 1. The second-order valence-corrected chi connectivity index (χ2v) is 8.48. The van der Waals surface area contributed by atoms with Crippen LogP contribution >= 0.6 is 0 Å². The molecule has 1 aromatic heterocycles. The Kier molecular flexibility index (Phi) is 7.19. The summed E-state index contributed by atoms with van der Waals surface area (Å²) in [5.41, 5.74) is 1.93. The Labute approximate surface area is 182 Å². The Balaban J connectivity index is 1.29. The van der Waals surface area contributed by atoms with E-state index >= 15 is 0 Å². The number of nitrogens with one attached hydrogen (secondary N) is 1. The minimum Gasteiger partial charge on any atom is -0.377 e. The summed E-state index contributed by atoms with van der Waals surface area (Å²) < 4.78 is 23.6. The molecule has 2 fully saturated rings. The number of carbonyl (C=O) groups excluding carboxylic acids is 1. The van der Waals surface area contributed by atoms with E-state index in [-0.39, 0.29) is 11.7 Å². The lowest BCUT2D eigenvalue weighted by Crippen LogP contribution is -2.50. The first-order chi connectivity index (χ1) is 15.1. The number of hydrogen-bond donors (Lipinski definition) is 1. The Hall–Kier alpha value is -2.45. The Morgan fingerprint density at radius 2 is 2.00 bits per heavy atom. The van der Waals surface area contributed by atoms with E-state index in [2.05, 4.69) is 15.4 Å². The van der Waals surface area contributed by atoms with Crippen molar-refractivity contribution in [1.82, 2.24) is 15.4 Å². The molecule has 0 radical (unpaired) electrons. The molecule has 0 unspecified atom stereocenters. The Morgan fingerprint density at radius 1 is 1.23 bits per heavy atom. The summed E-state index contributed by atoms with van der Waals surface area (Å²) in [6, 6.07) is 8.52. The SMILES string of the molecule is COCc1cc(C[C@H]2CNCC[C@H]2CC(=O)N2CCN(c3ccc(F)cc3)CC2)no1. The highest BCUT2D eigenvalue weighted by Gasteiger charge is 2.30. The first-order valence-corrected chi connectivity index (χ1v) is 11.0. The molecular weight excluding hydrogens is 399 g/mol. The number of benzene rings is 1. The van der Waals surface area contributed by atoms with Crippen molar-refractivity contribution >= 4 is 11.6 Å². The van der Waals surface area contributed by atoms with E-state index in [1.54, 1.807) is 19.2 Å². The number of piperazine rings is 1. The van der Waals surface area contributed by atoms with E-state index in [1.807, 2.05) is 11.0 Å². The minimum atomic E-state index is -0.227. The second-order valence-electron chi connectivity index (χ2n) is 8.48. The highest BCUT2D eigenvalue weighted by molar-refractivity contribution is 5.77. The third-order valence-corrected chi connectivity index (χ3v) is 6.39. The standard InChI is InChI=1S/C23H31FN4O3/c1-30-16-22-14-20(26-31-22)12-18-15-25-7-6-17(18)13-23(29)28-10-8-27(9-11-28)21-4-2-19(24)3-5-21/h2-5,14,17-18,25H,6-13,15-16H2,1H3/t17-,18-/m0/s1. The van der Waals surface area contributed by atoms with Crippen LogP contribution in [0.15, 0.2) is 34.9 Å². The van der Waals surface area contributed by atoms with Crippen molar-refractivity contribution < 1.29 is 18.4 Å². The van der Waals surface area contributed by atoms with Gasteiger partial charge in [0.1, 0.15) is 12.4 Å². The van der Waals surface area contributed by atoms with Crippen molar-refractivity contribution in [2.75, 3.05) is 51.3 Å². The van der Waals surface area contributed by atoms with Gasteiger partial charge < -0.3 is 24.4 Å².